The summed E-state index contributed by atoms with van der Waals surface area (Å²) in [6.07, 6.45) is 0.0538. The van der Waals surface area contributed by atoms with E-state index in [0.717, 1.165) is 13.1 Å². The Labute approximate surface area is 94.6 Å². The molecule has 1 atom stereocenters. The van der Waals surface area contributed by atoms with E-state index < -0.39 is 0 Å². The molecule has 0 bridgehead atoms. The van der Waals surface area contributed by atoms with Gasteiger partial charge in [-0.05, 0) is 18.6 Å². The first kappa shape index (κ1) is 11.4. The Bertz CT molecular complexity index is 351. The average Bonchev–Trinajstić information content (AvgIpc) is 2.32. The number of aryl methyl sites for hydroxylation is 1. The van der Waals surface area contributed by atoms with Crippen LogP contribution >= 0.6 is 0 Å². The van der Waals surface area contributed by atoms with Crippen LogP contribution in [0.3, 0.4) is 0 Å². The minimum atomic E-state index is -0.236. The number of halogens is 1. The van der Waals surface area contributed by atoms with Crippen molar-refractivity contribution in [2.24, 2.45) is 0 Å². The lowest BCUT2D eigenvalue weighted by Gasteiger charge is -2.23. The molecule has 2 rings (SSSR count). The van der Waals surface area contributed by atoms with Gasteiger partial charge in [0.1, 0.15) is 24.3 Å². The van der Waals surface area contributed by atoms with Crippen LogP contribution in [0, 0.1) is 12.7 Å². The molecule has 1 aliphatic rings. The number of morpholine rings is 1. The van der Waals surface area contributed by atoms with Gasteiger partial charge in [-0.1, -0.05) is 6.07 Å². The Hall–Kier alpha value is -1.13. The van der Waals surface area contributed by atoms with Crippen LogP contribution in [0.5, 0.6) is 5.75 Å². The van der Waals surface area contributed by atoms with Crippen LogP contribution in [0.1, 0.15) is 5.56 Å². The molecule has 0 radical (unpaired) electrons. The number of nitrogens with one attached hydrogen (secondary N) is 1. The van der Waals surface area contributed by atoms with Crippen molar-refractivity contribution in [3.05, 3.63) is 29.6 Å². The van der Waals surface area contributed by atoms with Crippen molar-refractivity contribution in [2.45, 2.75) is 13.0 Å². The van der Waals surface area contributed by atoms with Gasteiger partial charge < -0.3 is 14.8 Å². The van der Waals surface area contributed by atoms with Gasteiger partial charge in [0.05, 0.1) is 6.61 Å². The molecular weight excluding hydrogens is 209 g/mol. The van der Waals surface area contributed by atoms with E-state index in [0.29, 0.717) is 24.5 Å². The molecule has 0 aliphatic carbocycles. The third kappa shape index (κ3) is 2.93. The molecule has 16 heavy (non-hydrogen) atoms. The lowest BCUT2D eigenvalue weighted by atomic mass is 10.2. The van der Waals surface area contributed by atoms with Crippen molar-refractivity contribution in [3.63, 3.8) is 0 Å². The summed E-state index contributed by atoms with van der Waals surface area (Å²) in [4.78, 5) is 0. The van der Waals surface area contributed by atoms with E-state index >= 15 is 0 Å². The van der Waals surface area contributed by atoms with E-state index in [1.54, 1.807) is 19.1 Å². The lowest BCUT2D eigenvalue weighted by Crippen LogP contribution is -2.41. The Morgan fingerprint density at radius 2 is 2.44 bits per heavy atom. The number of rotatable bonds is 3. The van der Waals surface area contributed by atoms with Gasteiger partial charge in [0.15, 0.2) is 0 Å². The largest absolute Gasteiger partial charge is 0.491 e. The fourth-order valence-electron chi connectivity index (χ4n) is 1.58. The Kier molecular flexibility index (Phi) is 3.74. The van der Waals surface area contributed by atoms with Crippen LogP contribution in [0.4, 0.5) is 4.39 Å². The summed E-state index contributed by atoms with van der Waals surface area (Å²) >= 11 is 0. The maximum atomic E-state index is 13.2. The molecule has 1 heterocycles. The van der Waals surface area contributed by atoms with Crippen molar-refractivity contribution in [2.75, 3.05) is 26.3 Å². The molecule has 3 nitrogen and oxygen atoms in total. The molecule has 0 spiro atoms. The zero-order chi connectivity index (χ0) is 11.4. The average molecular weight is 225 g/mol. The summed E-state index contributed by atoms with van der Waals surface area (Å²) in [5.74, 6) is 0.317. The first-order chi connectivity index (χ1) is 7.75. The van der Waals surface area contributed by atoms with E-state index in [-0.39, 0.29) is 11.9 Å². The third-order valence-corrected chi connectivity index (χ3v) is 2.58. The zero-order valence-electron chi connectivity index (χ0n) is 9.33. The molecule has 88 valence electrons. The quantitative estimate of drug-likeness (QED) is 0.845. The van der Waals surface area contributed by atoms with Gasteiger partial charge in [0, 0.05) is 19.2 Å². The molecule has 0 amide bonds. The fourth-order valence-corrected chi connectivity index (χ4v) is 1.58. The minimum Gasteiger partial charge on any atom is -0.491 e. The molecule has 1 aromatic carbocycles. The van der Waals surface area contributed by atoms with Crippen molar-refractivity contribution < 1.29 is 13.9 Å². The molecular formula is C12H16FNO2. The zero-order valence-corrected chi connectivity index (χ0v) is 9.33. The predicted molar refractivity (Wildman–Crippen MR) is 59.2 cm³/mol. The highest BCUT2D eigenvalue weighted by atomic mass is 19.1. The molecule has 1 unspecified atom stereocenters. The molecule has 1 aliphatic heterocycles. The molecule has 4 heteroatoms. The highest BCUT2D eigenvalue weighted by Gasteiger charge is 2.13. The van der Waals surface area contributed by atoms with Crippen molar-refractivity contribution >= 4 is 0 Å². The second-order valence-corrected chi connectivity index (χ2v) is 3.92. The number of hydrogen-bond acceptors (Lipinski definition) is 3. The van der Waals surface area contributed by atoms with E-state index in [2.05, 4.69) is 5.32 Å². The Morgan fingerprint density at radius 3 is 3.12 bits per heavy atom. The SMILES string of the molecule is Cc1ccc(OCC2CNCCO2)cc1F. The highest BCUT2D eigenvalue weighted by molar-refractivity contribution is 5.27. The minimum absolute atomic E-state index is 0.0538. The maximum Gasteiger partial charge on any atom is 0.129 e. The third-order valence-electron chi connectivity index (χ3n) is 2.58. The van der Waals surface area contributed by atoms with Crippen molar-refractivity contribution in [1.29, 1.82) is 0 Å². The van der Waals surface area contributed by atoms with Crippen LogP contribution in [-0.4, -0.2) is 32.4 Å². The van der Waals surface area contributed by atoms with Crippen molar-refractivity contribution in [3.8, 4) is 5.75 Å². The van der Waals surface area contributed by atoms with Gasteiger partial charge >= 0.3 is 0 Å². The van der Waals surface area contributed by atoms with Gasteiger partial charge in [0.25, 0.3) is 0 Å². The van der Waals surface area contributed by atoms with Gasteiger partial charge in [-0.15, -0.1) is 0 Å². The van der Waals surface area contributed by atoms with Crippen LogP contribution in [0.15, 0.2) is 18.2 Å². The highest BCUT2D eigenvalue weighted by Crippen LogP contribution is 2.16. The summed E-state index contributed by atoms with van der Waals surface area (Å²) < 4.78 is 24.2. The molecule has 0 saturated carbocycles. The van der Waals surface area contributed by atoms with E-state index in [9.17, 15) is 4.39 Å². The Balaban J connectivity index is 1.86. The van der Waals surface area contributed by atoms with Gasteiger partial charge in [-0.25, -0.2) is 4.39 Å². The van der Waals surface area contributed by atoms with Crippen LogP contribution in [0.25, 0.3) is 0 Å². The fraction of sp³-hybridized carbons (Fsp3) is 0.500. The topological polar surface area (TPSA) is 30.5 Å². The van der Waals surface area contributed by atoms with Crippen molar-refractivity contribution in [1.82, 2.24) is 5.32 Å². The van der Waals surface area contributed by atoms with Gasteiger partial charge in [-0.2, -0.15) is 0 Å². The van der Waals surface area contributed by atoms with E-state index in [1.807, 2.05) is 0 Å². The number of hydrogen-bond donors (Lipinski definition) is 1. The van der Waals surface area contributed by atoms with Gasteiger partial charge in [-0.3, -0.25) is 0 Å². The van der Waals surface area contributed by atoms with Crippen LogP contribution in [-0.2, 0) is 4.74 Å². The molecule has 1 N–H and O–H groups in total. The monoisotopic (exact) mass is 225 g/mol. The lowest BCUT2D eigenvalue weighted by molar-refractivity contribution is 0.000134. The first-order valence-electron chi connectivity index (χ1n) is 5.47. The normalized spacial score (nSPS) is 20.8. The number of benzene rings is 1. The van der Waals surface area contributed by atoms with E-state index in [1.165, 1.54) is 6.07 Å². The summed E-state index contributed by atoms with van der Waals surface area (Å²) in [7, 11) is 0. The standard InChI is InChI=1S/C12H16FNO2/c1-9-2-3-10(6-12(9)13)16-8-11-7-14-4-5-15-11/h2-3,6,11,14H,4-5,7-8H2,1H3. The Morgan fingerprint density at radius 1 is 1.56 bits per heavy atom. The van der Waals surface area contributed by atoms with Crippen LogP contribution < -0.4 is 10.1 Å². The summed E-state index contributed by atoms with van der Waals surface area (Å²) in [6, 6.07) is 4.89. The smallest absolute Gasteiger partial charge is 0.129 e. The second-order valence-electron chi connectivity index (χ2n) is 3.92. The molecule has 1 fully saturated rings. The summed E-state index contributed by atoms with van der Waals surface area (Å²) in [5, 5.41) is 3.21. The van der Waals surface area contributed by atoms with Gasteiger partial charge in [0.2, 0.25) is 0 Å². The molecule has 0 aromatic heterocycles. The maximum absolute atomic E-state index is 13.2. The predicted octanol–water partition coefficient (Wildman–Crippen LogP) is 1.50. The molecule has 1 saturated heterocycles. The van der Waals surface area contributed by atoms with Crippen LogP contribution in [0.2, 0.25) is 0 Å². The summed E-state index contributed by atoms with van der Waals surface area (Å²) in [5.41, 5.74) is 0.628. The number of ether oxygens (including phenoxy) is 2. The molecule has 1 aromatic rings. The van der Waals surface area contributed by atoms with E-state index in [4.69, 9.17) is 9.47 Å². The second kappa shape index (κ2) is 5.27. The summed E-state index contributed by atoms with van der Waals surface area (Å²) in [6.45, 7) is 4.56. The first-order valence-corrected chi connectivity index (χ1v) is 5.47.